The van der Waals surface area contributed by atoms with Crippen LogP contribution in [0, 0.1) is 19.7 Å². The third-order valence-electron chi connectivity index (χ3n) is 4.60. The first-order valence-electron chi connectivity index (χ1n) is 8.45. The third-order valence-corrected chi connectivity index (χ3v) is 4.60. The van der Waals surface area contributed by atoms with Gasteiger partial charge in [0.2, 0.25) is 5.95 Å². The van der Waals surface area contributed by atoms with E-state index in [1.807, 2.05) is 17.9 Å². The standard InChI is InChI=1S/C17H21FN6/c1-11-5-6-19-17(20-11)24-9-7-23(8-10-24)16-14(18)12(2)21-15(22-16)13-3-4-13/h5-6,13H,3-4,7-10H2,1-2H3. The second-order valence-corrected chi connectivity index (χ2v) is 6.55. The Labute approximate surface area is 140 Å². The van der Waals surface area contributed by atoms with Crippen molar-refractivity contribution in [2.45, 2.75) is 32.6 Å². The molecule has 0 spiro atoms. The van der Waals surface area contributed by atoms with Gasteiger partial charge in [0.05, 0.1) is 5.69 Å². The summed E-state index contributed by atoms with van der Waals surface area (Å²) in [4.78, 5) is 21.8. The number of rotatable bonds is 3. The summed E-state index contributed by atoms with van der Waals surface area (Å²) >= 11 is 0. The van der Waals surface area contributed by atoms with E-state index in [1.54, 1.807) is 13.1 Å². The predicted octanol–water partition coefficient (Wildman–Crippen LogP) is 2.23. The van der Waals surface area contributed by atoms with Gasteiger partial charge < -0.3 is 9.80 Å². The zero-order chi connectivity index (χ0) is 16.7. The first-order valence-corrected chi connectivity index (χ1v) is 8.45. The monoisotopic (exact) mass is 328 g/mol. The number of nitrogens with zero attached hydrogens (tertiary/aromatic N) is 6. The van der Waals surface area contributed by atoms with Crippen LogP contribution in [0.15, 0.2) is 12.3 Å². The zero-order valence-electron chi connectivity index (χ0n) is 14.0. The van der Waals surface area contributed by atoms with Crippen molar-refractivity contribution in [3.05, 3.63) is 35.3 Å². The average molecular weight is 328 g/mol. The van der Waals surface area contributed by atoms with Crippen molar-refractivity contribution in [3.8, 4) is 0 Å². The molecule has 1 saturated carbocycles. The summed E-state index contributed by atoms with van der Waals surface area (Å²) in [5.74, 6) is 2.12. The molecule has 2 fully saturated rings. The Bertz CT molecular complexity index is 753. The van der Waals surface area contributed by atoms with E-state index in [9.17, 15) is 4.39 Å². The molecule has 6 nitrogen and oxygen atoms in total. The van der Waals surface area contributed by atoms with Crippen molar-refractivity contribution >= 4 is 11.8 Å². The molecule has 24 heavy (non-hydrogen) atoms. The first kappa shape index (κ1) is 15.2. The van der Waals surface area contributed by atoms with Gasteiger partial charge in [-0.3, -0.25) is 0 Å². The molecule has 126 valence electrons. The molecule has 1 saturated heterocycles. The van der Waals surface area contributed by atoms with E-state index in [4.69, 9.17) is 0 Å². The fourth-order valence-corrected chi connectivity index (χ4v) is 3.01. The molecule has 4 rings (SSSR count). The van der Waals surface area contributed by atoms with Gasteiger partial charge in [0, 0.05) is 44.0 Å². The molecular formula is C17H21FN6. The lowest BCUT2D eigenvalue weighted by atomic mass is 10.2. The summed E-state index contributed by atoms with van der Waals surface area (Å²) < 4.78 is 14.5. The Balaban J connectivity index is 1.51. The molecule has 0 atom stereocenters. The van der Waals surface area contributed by atoms with Crippen molar-refractivity contribution in [3.63, 3.8) is 0 Å². The van der Waals surface area contributed by atoms with Gasteiger partial charge in [-0.25, -0.2) is 24.3 Å². The Hall–Kier alpha value is -2.31. The van der Waals surface area contributed by atoms with Crippen molar-refractivity contribution in [2.75, 3.05) is 36.0 Å². The number of hydrogen-bond acceptors (Lipinski definition) is 6. The number of aryl methyl sites for hydroxylation is 2. The number of anilines is 2. The molecule has 0 aromatic carbocycles. The van der Waals surface area contributed by atoms with Gasteiger partial charge in [0.15, 0.2) is 11.6 Å². The van der Waals surface area contributed by atoms with Gasteiger partial charge in [0.25, 0.3) is 0 Å². The Morgan fingerprint density at radius 3 is 2.38 bits per heavy atom. The van der Waals surface area contributed by atoms with Crippen molar-refractivity contribution in [2.24, 2.45) is 0 Å². The third kappa shape index (κ3) is 2.90. The lowest BCUT2D eigenvalue weighted by Gasteiger charge is -2.35. The quantitative estimate of drug-likeness (QED) is 0.861. The smallest absolute Gasteiger partial charge is 0.225 e. The second kappa shape index (κ2) is 5.96. The van der Waals surface area contributed by atoms with E-state index in [-0.39, 0.29) is 5.82 Å². The van der Waals surface area contributed by atoms with Gasteiger partial charge in [-0.2, -0.15) is 0 Å². The Morgan fingerprint density at radius 1 is 1.00 bits per heavy atom. The van der Waals surface area contributed by atoms with E-state index < -0.39 is 0 Å². The van der Waals surface area contributed by atoms with E-state index in [0.717, 1.165) is 43.4 Å². The largest absolute Gasteiger partial charge is 0.351 e. The highest BCUT2D eigenvalue weighted by atomic mass is 19.1. The van der Waals surface area contributed by atoms with Crippen LogP contribution in [0.3, 0.4) is 0 Å². The van der Waals surface area contributed by atoms with Crippen LogP contribution >= 0.6 is 0 Å². The van der Waals surface area contributed by atoms with Crippen LogP contribution in [0.5, 0.6) is 0 Å². The van der Waals surface area contributed by atoms with Gasteiger partial charge in [-0.15, -0.1) is 0 Å². The van der Waals surface area contributed by atoms with Gasteiger partial charge in [-0.05, 0) is 32.8 Å². The van der Waals surface area contributed by atoms with Crippen LogP contribution in [0.25, 0.3) is 0 Å². The first-order chi connectivity index (χ1) is 11.6. The maximum atomic E-state index is 14.5. The SMILES string of the molecule is Cc1ccnc(N2CCN(c3nc(C4CC4)nc(C)c3F)CC2)n1. The lowest BCUT2D eigenvalue weighted by molar-refractivity contribution is 0.567. The number of hydrogen-bond donors (Lipinski definition) is 0. The highest BCUT2D eigenvalue weighted by Crippen LogP contribution is 2.39. The molecule has 0 bridgehead atoms. The van der Waals surface area contributed by atoms with E-state index in [2.05, 4.69) is 24.8 Å². The summed E-state index contributed by atoms with van der Waals surface area (Å²) in [6.07, 6.45) is 4.01. The fourth-order valence-electron chi connectivity index (χ4n) is 3.01. The maximum absolute atomic E-state index is 14.5. The summed E-state index contributed by atoms with van der Waals surface area (Å²) in [6.45, 7) is 6.60. The summed E-state index contributed by atoms with van der Waals surface area (Å²) in [6, 6.07) is 1.89. The van der Waals surface area contributed by atoms with Crippen molar-refractivity contribution in [1.29, 1.82) is 0 Å². The second-order valence-electron chi connectivity index (χ2n) is 6.55. The molecule has 0 amide bonds. The highest BCUT2D eigenvalue weighted by Gasteiger charge is 2.30. The molecule has 7 heteroatoms. The van der Waals surface area contributed by atoms with E-state index in [0.29, 0.717) is 30.5 Å². The molecule has 2 aromatic heterocycles. The van der Waals surface area contributed by atoms with Crippen LogP contribution < -0.4 is 9.80 Å². The topological polar surface area (TPSA) is 58.0 Å². The predicted molar refractivity (Wildman–Crippen MR) is 89.9 cm³/mol. The molecule has 2 aromatic rings. The van der Waals surface area contributed by atoms with Gasteiger partial charge >= 0.3 is 0 Å². The minimum absolute atomic E-state index is 0.292. The molecule has 0 N–H and O–H groups in total. The minimum atomic E-state index is -0.292. The van der Waals surface area contributed by atoms with Crippen molar-refractivity contribution in [1.82, 2.24) is 19.9 Å². The molecule has 1 aliphatic heterocycles. The average Bonchev–Trinajstić information content (AvgIpc) is 3.42. The summed E-state index contributed by atoms with van der Waals surface area (Å²) in [5, 5.41) is 0. The van der Waals surface area contributed by atoms with Crippen LogP contribution in [-0.4, -0.2) is 46.1 Å². The molecule has 0 unspecified atom stereocenters. The van der Waals surface area contributed by atoms with Crippen molar-refractivity contribution < 1.29 is 4.39 Å². The number of piperazine rings is 1. The van der Waals surface area contributed by atoms with Crippen LogP contribution in [0.4, 0.5) is 16.2 Å². The molecular weight excluding hydrogens is 307 g/mol. The Kier molecular flexibility index (Phi) is 3.78. The fraction of sp³-hybridized carbons (Fsp3) is 0.529. The van der Waals surface area contributed by atoms with Gasteiger partial charge in [0.1, 0.15) is 5.82 Å². The van der Waals surface area contributed by atoms with Crippen LogP contribution in [-0.2, 0) is 0 Å². The number of halogens is 1. The Morgan fingerprint density at radius 2 is 1.71 bits per heavy atom. The minimum Gasteiger partial charge on any atom is -0.351 e. The highest BCUT2D eigenvalue weighted by molar-refractivity contribution is 5.45. The zero-order valence-corrected chi connectivity index (χ0v) is 14.0. The number of aromatic nitrogens is 4. The normalized spacial score (nSPS) is 18.1. The summed E-state index contributed by atoms with van der Waals surface area (Å²) in [7, 11) is 0. The summed E-state index contributed by atoms with van der Waals surface area (Å²) in [5.41, 5.74) is 1.40. The van der Waals surface area contributed by atoms with Gasteiger partial charge in [-0.1, -0.05) is 0 Å². The molecule has 3 heterocycles. The molecule has 2 aliphatic rings. The van der Waals surface area contributed by atoms with E-state index in [1.165, 1.54) is 0 Å². The molecule has 1 aliphatic carbocycles. The maximum Gasteiger partial charge on any atom is 0.225 e. The molecule has 0 radical (unpaired) electrons. The van der Waals surface area contributed by atoms with Crippen LogP contribution in [0.1, 0.15) is 36.0 Å². The van der Waals surface area contributed by atoms with Crippen LogP contribution in [0.2, 0.25) is 0 Å². The lowest BCUT2D eigenvalue weighted by Crippen LogP contribution is -2.47. The van der Waals surface area contributed by atoms with E-state index >= 15 is 0 Å².